The van der Waals surface area contributed by atoms with Gasteiger partial charge in [-0.25, -0.2) is 0 Å². The highest BCUT2D eigenvalue weighted by Gasteiger charge is 2.33. The van der Waals surface area contributed by atoms with E-state index in [1.54, 1.807) is 7.11 Å². The second-order valence-electron chi connectivity index (χ2n) is 4.83. The molecule has 0 heterocycles. The number of carbonyl (C=O) groups is 1. The normalized spacial score (nSPS) is 16.3. The van der Waals surface area contributed by atoms with Gasteiger partial charge in [-0.05, 0) is 30.9 Å². The Morgan fingerprint density at radius 1 is 1.33 bits per heavy atom. The van der Waals surface area contributed by atoms with Gasteiger partial charge in [-0.15, -0.1) is 0 Å². The lowest BCUT2D eigenvalue weighted by Crippen LogP contribution is -2.15. The highest BCUT2D eigenvalue weighted by molar-refractivity contribution is 6.00. The number of methoxy groups -OCH3 is 1. The Morgan fingerprint density at radius 3 is 2.72 bits per heavy atom. The van der Waals surface area contributed by atoms with Crippen molar-refractivity contribution in [3.8, 4) is 5.75 Å². The average molecular weight is 248 g/mol. The van der Waals surface area contributed by atoms with Crippen molar-refractivity contribution in [2.75, 3.05) is 20.3 Å². The smallest absolute Gasteiger partial charge is 0.169 e. The third kappa shape index (κ3) is 3.10. The lowest BCUT2D eigenvalue weighted by Gasteiger charge is -2.13. The lowest BCUT2D eigenvalue weighted by molar-refractivity contribution is 0.0908. The van der Waals surface area contributed by atoms with E-state index in [2.05, 4.69) is 0 Å². The molecular formula is C15H20O3. The predicted molar refractivity (Wildman–Crippen MR) is 70.0 cm³/mol. The number of rotatable bonds is 7. The molecule has 1 aliphatic rings. The average Bonchev–Trinajstić information content (AvgIpc) is 3.22. The summed E-state index contributed by atoms with van der Waals surface area (Å²) in [6.45, 7) is 3.02. The standard InChI is InChI=1S/C15H20O3/c1-11(12-7-8-12)15(16)13-5-3-4-6-14(13)18-10-9-17-2/h3-6,11-12H,7-10H2,1-2H3. The van der Waals surface area contributed by atoms with E-state index >= 15 is 0 Å². The molecule has 0 saturated heterocycles. The summed E-state index contributed by atoms with van der Waals surface area (Å²) in [5, 5.41) is 0. The van der Waals surface area contributed by atoms with Crippen molar-refractivity contribution in [3.05, 3.63) is 29.8 Å². The van der Waals surface area contributed by atoms with Gasteiger partial charge in [0.25, 0.3) is 0 Å². The first-order valence-electron chi connectivity index (χ1n) is 6.49. The van der Waals surface area contributed by atoms with Gasteiger partial charge < -0.3 is 9.47 Å². The van der Waals surface area contributed by atoms with E-state index in [4.69, 9.17) is 9.47 Å². The fourth-order valence-corrected chi connectivity index (χ4v) is 2.09. The first-order valence-corrected chi connectivity index (χ1v) is 6.49. The topological polar surface area (TPSA) is 35.5 Å². The zero-order valence-electron chi connectivity index (χ0n) is 11.0. The molecular weight excluding hydrogens is 228 g/mol. The maximum absolute atomic E-state index is 12.4. The van der Waals surface area contributed by atoms with Crippen LogP contribution in [0.25, 0.3) is 0 Å². The van der Waals surface area contributed by atoms with Gasteiger partial charge in [-0.2, -0.15) is 0 Å². The van der Waals surface area contributed by atoms with E-state index in [1.807, 2.05) is 31.2 Å². The Bertz CT molecular complexity index is 410. The first-order chi connectivity index (χ1) is 8.74. The quantitative estimate of drug-likeness (QED) is 0.549. The fraction of sp³-hybridized carbons (Fsp3) is 0.533. The molecule has 3 nitrogen and oxygen atoms in total. The molecule has 0 bridgehead atoms. The largest absolute Gasteiger partial charge is 0.490 e. The van der Waals surface area contributed by atoms with E-state index in [9.17, 15) is 4.79 Å². The molecule has 1 saturated carbocycles. The number of ketones is 1. The number of hydrogen-bond acceptors (Lipinski definition) is 3. The van der Waals surface area contributed by atoms with Crippen molar-refractivity contribution in [1.29, 1.82) is 0 Å². The van der Waals surface area contributed by atoms with Crippen LogP contribution in [-0.4, -0.2) is 26.1 Å². The number of Topliss-reactive ketones (excluding diaryl/α,β-unsaturated/α-hetero) is 1. The van der Waals surface area contributed by atoms with E-state index < -0.39 is 0 Å². The second-order valence-corrected chi connectivity index (χ2v) is 4.83. The van der Waals surface area contributed by atoms with Crippen molar-refractivity contribution in [3.63, 3.8) is 0 Å². The summed E-state index contributed by atoms with van der Waals surface area (Å²) in [7, 11) is 1.63. The highest BCUT2D eigenvalue weighted by atomic mass is 16.5. The summed E-state index contributed by atoms with van der Waals surface area (Å²) in [5.41, 5.74) is 0.702. The molecule has 1 atom stereocenters. The van der Waals surface area contributed by atoms with Gasteiger partial charge in [0.05, 0.1) is 12.2 Å². The van der Waals surface area contributed by atoms with Crippen LogP contribution >= 0.6 is 0 Å². The summed E-state index contributed by atoms with van der Waals surface area (Å²) in [4.78, 5) is 12.4. The number of carbonyl (C=O) groups excluding carboxylic acids is 1. The Kier molecular flexibility index (Phi) is 4.37. The fourth-order valence-electron chi connectivity index (χ4n) is 2.09. The maximum Gasteiger partial charge on any atom is 0.169 e. The molecule has 0 aromatic heterocycles. The zero-order valence-corrected chi connectivity index (χ0v) is 11.0. The minimum atomic E-state index is 0.108. The van der Waals surface area contributed by atoms with Crippen molar-refractivity contribution in [1.82, 2.24) is 0 Å². The van der Waals surface area contributed by atoms with Gasteiger partial charge in [0.1, 0.15) is 12.4 Å². The summed E-state index contributed by atoms with van der Waals surface area (Å²) >= 11 is 0. The minimum absolute atomic E-state index is 0.108. The molecule has 18 heavy (non-hydrogen) atoms. The molecule has 1 aliphatic carbocycles. The van der Waals surface area contributed by atoms with Gasteiger partial charge in [0.15, 0.2) is 5.78 Å². The van der Waals surface area contributed by atoms with Crippen molar-refractivity contribution < 1.29 is 14.3 Å². The van der Waals surface area contributed by atoms with Gasteiger partial charge in [0.2, 0.25) is 0 Å². The number of ether oxygens (including phenoxy) is 2. The van der Waals surface area contributed by atoms with Crippen LogP contribution < -0.4 is 4.74 Å². The van der Waals surface area contributed by atoms with Crippen molar-refractivity contribution in [2.45, 2.75) is 19.8 Å². The SMILES string of the molecule is COCCOc1ccccc1C(=O)C(C)C1CC1. The second kappa shape index (κ2) is 6.01. The van der Waals surface area contributed by atoms with Crippen molar-refractivity contribution in [2.24, 2.45) is 11.8 Å². The maximum atomic E-state index is 12.4. The predicted octanol–water partition coefficient (Wildman–Crippen LogP) is 2.94. The molecule has 0 radical (unpaired) electrons. The van der Waals surface area contributed by atoms with Gasteiger partial charge in [0, 0.05) is 13.0 Å². The van der Waals surface area contributed by atoms with Crippen LogP contribution in [0, 0.1) is 11.8 Å². The number of benzene rings is 1. The van der Waals surface area contributed by atoms with Crippen LogP contribution in [0.2, 0.25) is 0 Å². The van der Waals surface area contributed by atoms with Crippen LogP contribution in [0.1, 0.15) is 30.1 Å². The van der Waals surface area contributed by atoms with E-state index in [-0.39, 0.29) is 11.7 Å². The molecule has 0 N–H and O–H groups in total. The monoisotopic (exact) mass is 248 g/mol. The molecule has 0 aliphatic heterocycles. The molecule has 3 heteroatoms. The van der Waals surface area contributed by atoms with Crippen LogP contribution in [0.4, 0.5) is 0 Å². The Morgan fingerprint density at radius 2 is 2.06 bits per heavy atom. The van der Waals surface area contributed by atoms with Gasteiger partial charge >= 0.3 is 0 Å². The summed E-state index contributed by atoms with van der Waals surface area (Å²) in [5.74, 6) is 1.55. The zero-order chi connectivity index (χ0) is 13.0. The molecule has 0 amide bonds. The van der Waals surface area contributed by atoms with E-state index in [0.29, 0.717) is 30.4 Å². The lowest BCUT2D eigenvalue weighted by atomic mass is 9.94. The molecule has 1 fully saturated rings. The van der Waals surface area contributed by atoms with Crippen molar-refractivity contribution >= 4 is 5.78 Å². The molecule has 0 spiro atoms. The number of hydrogen-bond donors (Lipinski definition) is 0. The van der Waals surface area contributed by atoms with Crippen LogP contribution in [0.15, 0.2) is 24.3 Å². The molecule has 1 unspecified atom stereocenters. The van der Waals surface area contributed by atoms with E-state index in [1.165, 1.54) is 12.8 Å². The number of para-hydroxylation sites is 1. The molecule has 2 rings (SSSR count). The molecule has 1 aromatic carbocycles. The first kappa shape index (κ1) is 13.1. The third-order valence-electron chi connectivity index (χ3n) is 3.44. The Balaban J connectivity index is 2.08. The highest BCUT2D eigenvalue weighted by Crippen LogP contribution is 2.39. The van der Waals surface area contributed by atoms with Crippen LogP contribution in [0.3, 0.4) is 0 Å². The summed E-state index contributed by atoms with van der Waals surface area (Å²) < 4.78 is 10.6. The van der Waals surface area contributed by atoms with Gasteiger partial charge in [-0.3, -0.25) is 4.79 Å². The summed E-state index contributed by atoms with van der Waals surface area (Å²) in [6, 6.07) is 7.47. The van der Waals surface area contributed by atoms with Crippen LogP contribution in [0.5, 0.6) is 5.75 Å². The Labute approximate surface area is 108 Å². The van der Waals surface area contributed by atoms with E-state index in [0.717, 1.165) is 0 Å². The minimum Gasteiger partial charge on any atom is -0.490 e. The molecule has 98 valence electrons. The Hall–Kier alpha value is -1.35. The summed E-state index contributed by atoms with van der Waals surface area (Å²) in [6.07, 6.45) is 2.36. The molecule has 1 aromatic rings. The van der Waals surface area contributed by atoms with Gasteiger partial charge in [-0.1, -0.05) is 19.1 Å². The third-order valence-corrected chi connectivity index (χ3v) is 3.44. The van der Waals surface area contributed by atoms with Crippen LogP contribution in [-0.2, 0) is 4.74 Å².